The number of carbonyl (C=O) groups is 2. The first kappa shape index (κ1) is 25.5. The van der Waals surface area contributed by atoms with E-state index in [1.807, 2.05) is 24.3 Å². The molecule has 0 bridgehead atoms. The zero-order valence-electron chi connectivity index (χ0n) is 19.0. The molecule has 0 aromatic heterocycles. The average Bonchev–Trinajstić information content (AvgIpc) is 2.80. The van der Waals surface area contributed by atoms with Crippen LogP contribution in [0.2, 0.25) is 0 Å². The number of benzene rings is 2. The van der Waals surface area contributed by atoms with E-state index in [1.165, 1.54) is 4.90 Å². The summed E-state index contributed by atoms with van der Waals surface area (Å²) in [6.07, 6.45) is 1.87. The van der Waals surface area contributed by atoms with Gasteiger partial charge in [-0.15, -0.1) is 0 Å². The maximum Gasteiger partial charge on any atom is 0.261 e. The molecule has 32 heavy (non-hydrogen) atoms. The Hall–Kier alpha value is -2.74. The van der Waals surface area contributed by atoms with Crippen molar-refractivity contribution in [1.82, 2.24) is 10.2 Å². The number of unbranched alkanes of at least 4 members (excludes halogenated alkanes) is 1. The predicted molar refractivity (Wildman–Crippen MR) is 127 cm³/mol. The number of hydrogen-bond donors (Lipinski definition) is 1. The molecule has 8 heteroatoms. The van der Waals surface area contributed by atoms with Gasteiger partial charge in [0.25, 0.3) is 5.91 Å². The van der Waals surface area contributed by atoms with Crippen LogP contribution in [0.25, 0.3) is 0 Å². The van der Waals surface area contributed by atoms with Crippen LogP contribution in [0.15, 0.2) is 46.9 Å². The van der Waals surface area contributed by atoms with Crippen LogP contribution in [-0.4, -0.2) is 50.1 Å². The van der Waals surface area contributed by atoms with Gasteiger partial charge in [-0.05, 0) is 31.0 Å². The number of methoxy groups -OCH3 is 2. The SMILES string of the molecule is CCCCNC(=O)[C@@H](C)N(Cc1cccc(Br)c1)C(=O)COc1cc(OC)cc(OC)c1. The van der Waals surface area contributed by atoms with Gasteiger partial charge in [0.2, 0.25) is 5.91 Å². The molecule has 0 heterocycles. The summed E-state index contributed by atoms with van der Waals surface area (Å²) >= 11 is 3.45. The van der Waals surface area contributed by atoms with E-state index in [4.69, 9.17) is 14.2 Å². The average molecular weight is 507 g/mol. The number of amides is 2. The Bertz CT molecular complexity index is 883. The molecule has 1 N–H and O–H groups in total. The fraction of sp³-hybridized carbons (Fsp3) is 0.417. The van der Waals surface area contributed by atoms with Crippen LogP contribution in [0.1, 0.15) is 32.3 Å². The highest BCUT2D eigenvalue weighted by Gasteiger charge is 2.26. The number of carbonyl (C=O) groups excluding carboxylic acids is 2. The highest BCUT2D eigenvalue weighted by Crippen LogP contribution is 2.27. The Morgan fingerprint density at radius 1 is 1.06 bits per heavy atom. The minimum Gasteiger partial charge on any atom is -0.496 e. The highest BCUT2D eigenvalue weighted by molar-refractivity contribution is 9.10. The molecule has 7 nitrogen and oxygen atoms in total. The van der Waals surface area contributed by atoms with Gasteiger partial charge in [-0.1, -0.05) is 41.4 Å². The third-order valence-electron chi connectivity index (χ3n) is 4.93. The lowest BCUT2D eigenvalue weighted by Gasteiger charge is -2.29. The van der Waals surface area contributed by atoms with Crippen molar-refractivity contribution < 1.29 is 23.8 Å². The van der Waals surface area contributed by atoms with Crippen LogP contribution < -0.4 is 19.5 Å². The van der Waals surface area contributed by atoms with Crippen LogP contribution in [0.4, 0.5) is 0 Å². The van der Waals surface area contributed by atoms with Gasteiger partial charge in [0, 0.05) is 35.8 Å². The molecule has 0 unspecified atom stereocenters. The molecule has 0 saturated heterocycles. The standard InChI is InChI=1S/C24H31BrN2O5/c1-5-6-10-26-24(29)17(2)27(15-18-8-7-9-19(25)11-18)23(28)16-32-22-13-20(30-3)12-21(14-22)31-4/h7-9,11-14,17H,5-6,10,15-16H2,1-4H3,(H,26,29)/t17-/m1/s1. The lowest BCUT2D eigenvalue weighted by molar-refractivity contribution is -0.142. The molecule has 2 aromatic rings. The summed E-state index contributed by atoms with van der Waals surface area (Å²) in [6, 6.07) is 12.1. The number of halogens is 1. The van der Waals surface area contributed by atoms with Gasteiger partial charge in [-0.2, -0.15) is 0 Å². The molecular formula is C24H31BrN2O5. The van der Waals surface area contributed by atoms with Gasteiger partial charge < -0.3 is 24.4 Å². The Labute approximate surface area is 198 Å². The van der Waals surface area contributed by atoms with Crippen LogP contribution >= 0.6 is 15.9 Å². The van der Waals surface area contributed by atoms with Gasteiger partial charge in [0.1, 0.15) is 23.3 Å². The monoisotopic (exact) mass is 506 g/mol. The van der Waals surface area contributed by atoms with E-state index < -0.39 is 6.04 Å². The van der Waals surface area contributed by atoms with Gasteiger partial charge in [-0.25, -0.2) is 0 Å². The Balaban J connectivity index is 2.16. The van der Waals surface area contributed by atoms with Gasteiger partial charge in [0.15, 0.2) is 6.61 Å². The third kappa shape index (κ3) is 7.75. The van der Waals surface area contributed by atoms with Gasteiger partial charge in [-0.3, -0.25) is 9.59 Å². The molecule has 2 amide bonds. The molecule has 0 saturated carbocycles. The van der Waals surface area contributed by atoms with Crippen molar-refractivity contribution in [2.75, 3.05) is 27.4 Å². The summed E-state index contributed by atoms with van der Waals surface area (Å²) in [5.41, 5.74) is 0.906. The van der Waals surface area contributed by atoms with E-state index >= 15 is 0 Å². The van der Waals surface area contributed by atoms with E-state index in [-0.39, 0.29) is 25.0 Å². The molecule has 0 aliphatic carbocycles. The maximum absolute atomic E-state index is 13.1. The normalized spacial score (nSPS) is 11.4. The molecule has 0 aliphatic heterocycles. The lowest BCUT2D eigenvalue weighted by atomic mass is 10.1. The molecule has 0 radical (unpaired) electrons. The second kappa shape index (κ2) is 13.0. The first-order valence-electron chi connectivity index (χ1n) is 10.6. The van der Waals surface area contributed by atoms with Crippen LogP contribution in [0.5, 0.6) is 17.2 Å². The van der Waals surface area contributed by atoms with Gasteiger partial charge in [0.05, 0.1) is 14.2 Å². The van der Waals surface area contributed by atoms with E-state index in [1.54, 1.807) is 39.3 Å². The fourth-order valence-corrected chi connectivity index (χ4v) is 3.49. The predicted octanol–water partition coefficient (Wildman–Crippen LogP) is 4.18. The summed E-state index contributed by atoms with van der Waals surface area (Å²) in [4.78, 5) is 27.3. The van der Waals surface area contributed by atoms with Crippen LogP contribution in [-0.2, 0) is 16.1 Å². The Morgan fingerprint density at radius 3 is 2.31 bits per heavy atom. The zero-order valence-corrected chi connectivity index (χ0v) is 20.6. The third-order valence-corrected chi connectivity index (χ3v) is 5.42. The number of rotatable bonds is 12. The van der Waals surface area contributed by atoms with E-state index in [9.17, 15) is 9.59 Å². The summed E-state index contributed by atoms with van der Waals surface area (Å²) in [7, 11) is 3.09. The van der Waals surface area contributed by atoms with Gasteiger partial charge >= 0.3 is 0 Å². The second-order valence-corrected chi connectivity index (χ2v) is 8.22. The van der Waals surface area contributed by atoms with Crippen molar-refractivity contribution in [1.29, 1.82) is 0 Å². The van der Waals surface area contributed by atoms with E-state index in [2.05, 4.69) is 28.2 Å². The van der Waals surface area contributed by atoms with Crippen molar-refractivity contribution in [3.05, 3.63) is 52.5 Å². The topological polar surface area (TPSA) is 77.1 Å². The first-order chi connectivity index (χ1) is 15.4. The Kier molecular flexibility index (Phi) is 10.3. The fourth-order valence-electron chi connectivity index (χ4n) is 3.04. The summed E-state index contributed by atoms with van der Waals surface area (Å²) < 4.78 is 17.1. The van der Waals surface area contributed by atoms with Crippen molar-refractivity contribution in [3.8, 4) is 17.2 Å². The molecule has 1 atom stereocenters. The minimum absolute atomic E-state index is 0.190. The maximum atomic E-state index is 13.1. The first-order valence-corrected chi connectivity index (χ1v) is 11.3. The lowest BCUT2D eigenvalue weighted by Crippen LogP contribution is -2.49. The smallest absolute Gasteiger partial charge is 0.261 e. The summed E-state index contributed by atoms with van der Waals surface area (Å²) in [5, 5.41) is 2.90. The quantitative estimate of drug-likeness (QED) is 0.437. The summed E-state index contributed by atoms with van der Waals surface area (Å²) in [5.74, 6) is 1.06. The van der Waals surface area contributed by atoms with Crippen LogP contribution in [0, 0.1) is 0 Å². The zero-order chi connectivity index (χ0) is 23.5. The largest absolute Gasteiger partial charge is 0.496 e. The van der Waals surface area contributed by atoms with Crippen LogP contribution in [0.3, 0.4) is 0 Å². The second-order valence-electron chi connectivity index (χ2n) is 7.31. The summed E-state index contributed by atoms with van der Waals surface area (Å²) in [6.45, 7) is 4.43. The van der Waals surface area contributed by atoms with Crippen molar-refractivity contribution >= 4 is 27.7 Å². The molecule has 0 spiro atoms. The highest BCUT2D eigenvalue weighted by atomic mass is 79.9. The molecule has 0 aliphatic rings. The molecular weight excluding hydrogens is 476 g/mol. The van der Waals surface area contributed by atoms with Crippen molar-refractivity contribution in [2.45, 2.75) is 39.3 Å². The number of ether oxygens (including phenoxy) is 3. The molecule has 2 aromatic carbocycles. The van der Waals surface area contributed by atoms with E-state index in [0.717, 1.165) is 22.9 Å². The molecule has 0 fully saturated rings. The molecule has 174 valence electrons. The minimum atomic E-state index is -0.651. The number of nitrogens with zero attached hydrogens (tertiary/aromatic N) is 1. The van der Waals surface area contributed by atoms with Crippen molar-refractivity contribution in [2.24, 2.45) is 0 Å². The number of hydrogen-bond acceptors (Lipinski definition) is 5. The Morgan fingerprint density at radius 2 is 1.72 bits per heavy atom. The molecule has 2 rings (SSSR count). The van der Waals surface area contributed by atoms with E-state index in [0.29, 0.717) is 23.8 Å². The van der Waals surface area contributed by atoms with Crippen molar-refractivity contribution in [3.63, 3.8) is 0 Å². The number of nitrogens with one attached hydrogen (secondary N) is 1.